The number of hydrogen-bond donors (Lipinski definition) is 1. The Kier molecular flexibility index (Phi) is 2.96. The van der Waals surface area contributed by atoms with Crippen LogP contribution in [0.15, 0.2) is 42.5 Å². The number of anilines is 1. The van der Waals surface area contributed by atoms with Gasteiger partial charge in [-0.15, -0.1) is 0 Å². The third kappa shape index (κ3) is 2.21. The van der Waals surface area contributed by atoms with Crippen LogP contribution in [0.5, 0.6) is 0 Å². The van der Waals surface area contributed by atoms with E-state index >= 15 is 0 Å². The van der Waals surface area contributed by atoms with Crippen LogP contribution in [0.2, 0.25) is 0 Å². The van der Waals surface area contributed by atoms with E-state index in [1.54, 1.807) is 12.1 Å². The summed E-state index contributed by atoms with van der Waals surface area (Å²) < 4.78 is 0. The number of para-hydroxylation sites is 1. The smallest absolute Gasteiger partial charge is 0.195 e. The number of nitrogens with two attached hydrogens (primary N) is 1. The molecule has 0 aliphatic rings. The molecule has 0 aliphatic heterocycles. The standard InChI is InChI=1S/C15H15NO/c1-10-7-8-11(2)13(9-10)15(17)12-5-3-4-6-14(12)16/h3-9H,16H2,1-2H3. The molecule has 2 aromatic carbocycles. The SMILES string of the molecule is Cc1ccc(C)c(C(=O)c2ccccc2N)c1. The molecule has 17 heavy (non-hydrogen) atoms. The van der Waals surface area contributed by atoms with E-state index in [9.17, 15) is 4.79 Å². The minimum atomic E-state index is -0.00991. The van der Waals surface area contributed by atoms with Crippen LogP contribution in [0.25, 0.3) is 0 Å². The van der Waals surface area contributed by atoms with Gasteiger partial charge in [0.05, 0.1) is 0 Å². The van der Waals surface area contributed by atoms with Crippen molar-refractivity contribution in [3.05, 3.63) is 64.7 Å². The lowest BCUT2D eigenvalue weighted by atomic mass is 9.96. The summed E-state index contributed by atoms with van der Waals surface area (Å²) in [6.45, 7) is 3.91. The van der Waals surface area contributed by atoms with Crippen LogP contribution >= 0.6 is 0 Å². The minimum Gasteiger partial charge on any atom is -0.398 e. The Bertz CT molecular complexity index is 573. The van der Waals surface area contributed by atoms with E-state index in [0.29, 0.717) is 11.3 Å². The van der Waals surface area contributed by atoms with Gasteiger partial charge in [0.25, 0.3) is 0 Å². The zero-order valence-electron chi connectivity index (χ0n) is 10.0. The molecule has 0 heterocycles. The molecule has 0 bridgehead atoms. The molecule has 0 fully saturated rings. The maximum Gasteiger partial charge on any atom is 0.195 e. The summed E-state index contributed by atoms with van der Waals surface area (Å²) in [5.74, 6) is -0.00991. The first-order valence-electron chi connectivity index (χ1n) is 5.56. The summed E-state index contributed by atoms with van der Waals surface area (Å²) in [5.41, 5.74) is 9.70. The second-order valence-electron chi connectivity index (χ2n) is 4.23. The molecule has 0 aliphatic carbocycles. The van der Waals surface area contributed by atoms with Crippen LogP contribution in [0.3, 0.4) is 0 Å². The fourth-order valence-corrected chi connectivity index (χ4v) is 1.83. The summed E-state index contributed by atoms with van der Waals surface area (Å²) >= 11 is 0. The molecule has 2 nitrogen and oxygen atoms in total. The Morgan fingerprint density at radius 1 is 1.00 bits per heavy atom. The minimum absolute atomic E-state index is 0.00991. The highest BCUT2D eigenvalue weighted by Crippen LogP contribution is 2.19. The Labute approximate surface area is 101 Å². The van der Waals surface area contributed by atoms with Crippen LogP contribution in [-0.4, -0.2) is 5.78 Å². The molecule has 86 valence electrons. The van der Waals surface area contributed by atoms with Crippen molar-refractivity contribution in [2.45, 2.75) is 13.8 Å². The van der Waals surface area contributed by atoms with Crippen LogP contribution < -0.4 is 5.73 Å². The van der Waals surface area contributed by atoms with Crippen LogP contribution in [0.4, 0.5) is 5.69 Å². The summed E-state index contributed by atoms with van der Waals surface area (Å²) in [7, 11) is 0. The Morgan fingerprint density at radius 3 is 2.41 bits per heavy atom. The molecular formula is C15H15NO. The van der Waals surface area contributed by atoms with E-state index < -0.39 is 0 Å². The fraction of sp³-hybridized carbons (Fsp3) is 0.133. The van der Waals surface area contributed by atoms with Crippen molar-refractivity contribution < 1.29 is 4.79 Å². The van der Waals surface area contributed by atoms with Gasteiger partial charge in [0.1, 0.15) is 0 Å². The Morgan fingerprint density at radius 2 is 1.71 bits per heavy atom. The van der Waals surface area contributed by atoms with Crippen molar-refractivity contribution in [3.63, 3.8) is 0 Å². The van der Waals surface area contributed by atoms with Crippen molar-refractivity contribution in [2.24, 2.45) is 0 Å². The topological polar surface area (TPSA) is 43.1 Å². The zero-order chi connectivity index (χ0) is 12.4. The zero-order valence-corrected chi connectivity index (χ0v) is 10.0. The molecule has 2 N–H and O–H groups in total. The Hall–Kier alpha value is -2.09. The molecule has 0 atom stereocenters. The van der Waals surface area contributed by atoms with Crippen molar-refractivity contribution in [3.8, 4) is 0 Å². The van der Waals surface area contributed by atoms with Gasteiger partial charge < -0.3 is 5.73 Å². The van der Waals surface area contributed by atoms with E-state index in [1.165, 1.54) is 0 Å². The highest BCUT2D eigenvalue weighted by molar-refractivity contribution is 6.12. The molecule has 0 amide bonds. The Balaban J connectivity index is 2.51. The molecule has 0 aromatic heterocycles. The number of carbonyl (C=O) groups excluding carboxylic acids is 1. The van der Waals surface area contributed by atoms with Gasteiger partial charge in [0.15, 0.2) is 5.78 Å². The maximum atomic E-state index is 12.4. The number of ketones is 1. The average molecular weight is 225 g/mol. The van der Waals surface area contributed by atoms with Gasteiger partial charge in [0.2, 0.25) is 0 Å². The molecule has 0 saturated carbocycles. The first-order valence-corrected chi connectivity index (χ1v) is 5.56. The van der Waals surface area contributed by atoms with E-state index in [-0.39, 0.29) is 5.78 Å². The highest BCUT2D eigenvalue weighted by atomic mass is 16.1. The van der Waals surface area contributed by atoms with Crippen molar-refractivity contribution in [2.75, 3.05) is 5.73 Å². The van der Waals surface area contributed by atoms with Gasteiger partial charge >= 0.3 is 0 Å². The maximum absolute atomic E-state index is 12.4. The molecular weight excluding hydrogens is 210 g/mol. The third-order valence-electron chi connectivity index (χ3n) is 2.84. The summed E-state index contributed by atoms with van der Waals surface area (Å²) in [6, 6.07) is 13.0. The molecule has 0 saturated heterocycles. The second-order valence-corrected chi connectivity index (χ2v) is 4.23. The second kappa shape index (κ2) is 4.42. The third-order valence-corrected chi connectivity index (χ3v) is 2.84. The van der Waals surface area contributed by atoms with Crippen molar-refractivity contribution in [1.29, 1.82) is 0 Å². The van der Waals surface area contributed by atoms with Gasteiger partial charge in [-0.05, 0) is 37.6 Å². The largest absolute Gasteiger partial charge is 0.398 e. The van der Waals surface area contributed by atoms with Crippen LogP contribution in [-0.2, 0) is 0 Å². The van der Waals surface area contributed by atoms with Gasteiger partial charge in [-0.1, -0.05) is 29.8 Å². The molecule has 2 aromatic rings. The fourth-order valence-electron chi connectivity index (χ4n) is 1.83. The van der Waals surface area contributed by atoms with Crippen LogP contribution in [0, 0.1) is 13.8 Å². The molecule has 0 radical (unpaired) electrons. The number of aryl methyl sites for hydroxylation is 2. The lowest BCUT2D eigenvalue weighted by molar-refractivity contribution is 0.103. The predicted molar refractivity (Wildman–Crippen MR) is 70.2 cm³/mol. The number of rotatable bonds is 2. The quantitative estimate of drug-likeness (QED) is 0.630. The van der Waals surface area contributed by atoms with Gasteiger partial charge in [-0.2, -0.15) is 0 Å². The van der Waals surface area contributed by atoms with Crippen LogP contribution in [0.1, 0.15) is 27.0 Å². The number of benzene rings is 2. The normalized spacial score (nSPS) is 10.2. The van der Waals surface area contributed by atoms with E-state index in [2.05, 4.69) is 0 Å². The summed E-state index contributed by atoms with van der Waals surface area (Å²) in [5, 5.41) is 0. The number of carbonyl (C=O) groups is 1. The van der Waals surface area contributed by atoms with Crippen molar-refractivity contribution >= 4 is 11.5 Å². The lowest BCUT2D eigenvalue weighted by Crippen LogP contribution is -2.07. The molecule has 2 heteroatoms. The summed E-state index contributed by atoms with van der Waals surface area (Å²) in [4.78, 5) is 12.4. The summed E-state index contributed by atoms with van der Waals surface area (Å²) in [6.07, 6.45) is 0. The van der Waals surface area contributed by atoms with Gasteiger partial charge in [0, 0.05) is 16.8 Å². The number of hydrogen-bond acceptors (Lipinski definition) is 2. The van der Waals surface area contributed by atoms with Gasteiger partial charge in [-0.3, -0.25) is 4.79 Å². The molecule has 0 unspecified atom stereocenters. The average Bonchev–Trinajstić information content (AvgIpc) is 2.32. The predicted octanol–water partition coefficient (Wildman–Crippen LogP) is 3.12. The molecule has 2 rings (SSSR count). The van der Waals surface area contributed by atoms with Gasteiger partial charge in [-0.25, -0.2) is 0 Å². The monoisotopic (exact) mass is 225 g/mol. The molecule has 0 spiro atoms. The first kappa shape index (κ1) is 11.4. The van der Waals surface area contributed by atoms with E-state index in [4.69, 9.17) is 5.73 Å². The van der Waals surface area contributed by atoms with Crippen molar-refractivity contribution in [1.82, 2.24) is 0 Å². The number of nitrogen functional groups attached to an aromatic ring is 1. The first-order chi connectivity index (χ1) is 8.09. The van der Waals surface area contributed by atoms with E-state index in [0.717, 1.165) is 16.7 Å². The highest BCUT2D eigenvalue weighted by Gasteiger charge is 2.13. The van der Waals surface area contributed by atoms with E-state index in [1.807, 2.05) is 44.2 Å². The lowest BCUT2D eigenvalue weighted by Gasteiger charge is -2.08.